The Morgan fingerprint density at radius 1 is 1.36 bits per heavy atom. The third kappa shape index (κ3) is 1.62. The third-order valence-electron chi connectivity index (χ3n) is 2.04. The fourth-order valence-corrected chi connectivity index (χ4v) is 1.42. The molecule has 0 aliphatic rings. The summed E-state index contributed by atoms with van der Waals surface area (Å²) in [6, 6.07) is 2.15. The topological polar surface area (TPSA) is 26.0 Å². The minimum atomic E-state index is 0.937. The van der Waals surface area contributed by atoms with Crippen LogP contribution in [0.25, 0.3) is 0 Å². The van der Waals surface area contributed by atoms with Crippen molar-refractivity contribution < 1.29 is 0 Å². The van der Waals surface area contributed by atoms with E-state index in [9.17, 15) is 0 Å². The van der Waals surface area contributed by atoms with Crippen molar-refractivity contribution in [3.8, 4) is 0 Å². The molecule has 2 N–H and O–H groups in total. The molecule has 1 aromatic heterocycles. The molecule has 0 unspecified atom stereocenters. The first-order valence-electron chi connectivity index (χ1n) is 4.15. The van der Waals surface area contributed by atoms with Gasteiger partial charge in [-0.2, -0.15) is 0 Å². The van der Waals surface area contributed by atoms with Gasteiger partial charge in [0.25, 0.3) is 0 Å². The molecule has 0 radical (unpaired) electrons. The molecule has 1 nitrogen and oxygen atoms in total. The Morgan fingerprint density at radius 2 is 2.09 bits per heavy atom. The summed E-state index contributed by atoms with van der Waals surface area (Å²) in [6.45, 7) is 6.27. The van der Waals surface area contributed by atoms with Gasteiger partial charge in [0, 0.05) is 0 Å². The van der Waals surface area contributed by atoms with Gasteiger partial charge in [0.1, 0.15) is 0 Å². The van der Waals surface area contributed by atoms with Gasteiger partial charge >= 0.3 is 68.1 Å². The predicted octanol–water partition coefficient (Wildman–Crippen LogP) is 1.73. The molecule has 0 aliphatic heterocycles. The summed E-state index contributed by atoms with van der Waals surface area (Å²) in [4.78, 5) is 0. The van der Waals surface area contributed by atoms with E-state index >= 15 is 0 Å². The standard InChI is InChI=1S/C9H14BN/c1-3-7-5-6-10-9(11)8(7)4-2/h5-6H,3-4,11H2,1-2H3. The molecule has 0 atom stereocenters. The summed E-state index contributed by atoms with van der Waals surface area (Å²) in [7, 11) is 0. The monoisotopic (exact) mass is 147 g/mol. The number of anilines is 1. The molecular formula is C9H14BN. The zero-order chi connectivity index (χ0) is 8.27. The number of hydrogen-bond acceptors (Lipinski definition) is 1. The Bertz CT molecular complexity index is 245. The van der Waals surface area contributed by atoms with Crippen molar-refractivity contribution in [2.75, 3.05) is 5.73 Å². The molecular weight excluding hydrogens is 133 g/mol. The van der Waals surface area contributed by atoms with E-state index < -0.39 is 0 Å². The molecule has 2 heteroatoms. The predicted molar refractivity (Wildman–Crippen MR) is 51.0 cm³/mol. The van der Waals surface area contributed by atoms with Gasteiger partial charge in [0.2, 0.25) is 0 Å². The van der Waals surface area contributed by atoms with E-state index in [4.69, 9.17) is 5.73 Å². The summed E-state index contributed by atoms with van der Waals surface area (Å²) in [5, 5.41) is 0. The van der Waals surface area contributed by atoms with Crippen LogP contribution in [0.5, 0.6) is 0 Å². The van der Waals surface area contributed by atoms with Crippen LogP contribution in [0.15, 0.2) is 12.0 Å². The van der Waals surface area contributed by atoms with Crippen molar-refractivity contribution in [1.82, 2.24) is 0 Å². The molecule has 58 valence electrons. The number of nitrogen functional groups attached to an aromatic ring is 1. The van der Waals surface area contributed by atoms with Crippen LogP contribution in [0.3, 0.4) is 0 Å². The van der Waals surface area contributed by atoms with Crippen LogP contribution in [-0.4, -0.2) is 6.91 Å². The zero-order valence-electron chi connectivity index (χ0n) is 7.22. The van der Waals surface area contributed by atoms with E-state index in [1.165, 1.54) is 11.1 Å². The van der Waals surface area contributed by atoms with E-state index in [0.717, 1.165) is 18.4 Å². The molecule has 0 spiro atoms. The maximum absolute atomic E-state index is 5.81. The summed E-state index contributed by atoms with van der Waals surface area (Å²) >= 11 is 0. The Morgan fingerprint density at radius 3 is 2.55 bits per heavy atom. The Kier molecular flexibility index (Phi) is 2.69. The average molecular weight is 147 g/mol. The third-order valence-corrected chi connectivity index (χ3v) is 2.04. The molecule has 0 fully saturated rings. The Labute approximate surface area is 68.8 Å². The van der Waals surface area contributed by atoms with E-state index in [1.54, 1.807) is 0 Å². The molecule has 0 saturated heterocycles. The van der Waals surface area contributed by atoms with Crippen molar-refractivity contribution in [1.29, 1.82) is 0 Å². The second-order valence-electron chi connectivity index (χ2n) is 2.69. The first kappa shape index (κ1) is 8.31. The summed E-state index contributed by atoms with van der Waals surface area (Å²) in [6.07, 6.45) is 2.12. The molecule has 0 bridgehead atoms. The molecule has 1 aromatic rings. The summed E-state index contributed by atoms with van der Waals surface area (Å²) < 4.78 is 0. The summed E-state index contributed by atoms with van der Waals surface area (Å²) in [5.74, 6) is 2.02. The van der Waals surface area contributed by atoms with Crippen LogP contribution in [0.4, 0.5) is 5.58 Å². The van der Waals surface area contributed by atoms with Crippen LogP contribution < -0.4 is 5.73 Å². The van der Waals surface area contributed by atoms with Crippen LogP contribution in [-0.2, 0) is 12.8 Å². The number of aryl methyl sites for hydroxylation is 1. The van der Waals surface area contributed by atoms with Crippen molar-refractivity contribution in [3.05, 3.63) is 23.2 Å². The molecule has 0 aliphatic carbocycles. The summed E-state index contributed by atoms with van der Waals surface area (Å²) in [5.41, 5.74) is 9.44. The van der Waals surface area contributed by atoms with Gasteiger partial charge in [-0.1, -0.05) is 0 Å². The molecule has 1 rings (SSSR count). The fourth-order valence-electron chi connectivity index (χ4n) is 1.42. The SMILES string of the molecule is CCc1ccbc(N)c1CC. The molecule has 1 heterocycles. The van der Waals surface area contributed by atoms with Crippen molar-refractivity contribution in [2.24, 2.45) is 0 Å². The van der Waals surface area contributed by atoms with E-state index in [-0.39, 0.29) is 0 Å². The van der Waals surface area contributed by atoms with Crippen molar-refractivity contribution >= 4 is 12.5 Å². The van der Waals surface area contributed by atoms with Crippen LogP contribution in [0, 0.1) is 0 Å². The van der Waals surface area contributed by atoms with Crippen molar-refractivity contribution in [2.45, 2.75) is 26.7 Å². The Hall–Kier alpha value is -0.785. The van der Waals surface area contributed by atoms with E-state index in [1.807, 2.05) is 12.9 Å². The number of nitrogens with two attached hydrogens (primary N) is 1. The molecule has 11 heavy (non-hydrogen) atoms. The van der Waals surface area contributed by atoms with Gasteiger partial charge in [0.05, 0.1) is 0 Å². The molecule has 0 aromatic carbocycles. The minimum absolute atomic E-state index is 0.937. The van der Waals surface area contributed by atoms with Gasteiger partial charge in [-0.25, -0.2) is 0 Å². The zero-order valence-corrected chi connectivity index (χ0v) is 7.22. The average Bonchev–Trinajstić information content (AvgIpc) is 2.04. The van der Waals surface area contributed by atoms with Crippen LogP contribution in [0.2, 0.25) is 0 Å². The van der Waals surface area contributed by atoms with Crippen molar-refractivity contribution in [3.63, 3.8) is 0 Å². The number of hydrogen-bond donors (Lipinski definition) is 1. The van der Waals surface area contributed by atoms with Gasteiger partial charge in [-0.15, -0.1) is 0 Å². The normalized spacial score (nSPS) is 9.64. The number of rotatable bonds is 2. The molecule has 0 saturated carbocycles. The van der Waals surface area contributed by atoms with Gasteiger partial charge in [-0.3, -0.25) is 0 Å². The first-order chi connectivity index (χ1) is 5.29. The van der Waals surface area contributed by atoms with Gasteiger partial charge < -0.3 is 0 Å². The first-order valence-corrected chi connectivity index (χ1v) is 4.15. The van der Waals surface area contributed by atoms with Crippen LogP contribution >= 0.6 is 0 Å². The maximum atomic E-state index is 5.81. The quantitative estimate of drug-likeness (QED) is 0.677. The second kappa shape index (κ2) is 3.56. The molecule has 0 amide bonds. The van der Waals surface area contributed by atoms with E-state index in [2.05, 4.69) is 19.9 Å². The van der Waals surface area contributed by atoms with E-state index in [0.29, 0.717) is 0 Å². The fraction of sp³-hybridized carbons (Fsp3) is 0.444. The van der Waals surface area contributed by atoms with Crippen LogP contribution in [0.1, 0.15) is 25.0 Å². The van der Waals surface area contributed by atoms with Gasteiger partial charge in [-0.05, 0) is 0 Å². The van der Waals surface area contributed by atoms with Gasteiger partial charge in [0.15, 0.2) is 0 Å². The second-order valence-corrected chi connectivity index (χ2v) is 2.69. The Balaban J connectivity index is 3.13.